The van der Waals surface area contributed by atoms with Gasteiger partial charge in [0.05, 0.1) is 0 Å². The lowest BCUT2D eigenvalue weighted by atomic mass is 9.94. The van der Waals surface area contributed by atoms with Crippen molar-refractivity contribution in [2.24, 2.45) is 5.92 Å². The van der Waals surface area contributed by atoms with E-state index in [1.165, 1.54) is 65.1 Å². The second-order valence-corrected chi connectivity index (χ2v) is 9.26. The van der Waals surface area contributed by atoms with Gasteiger partial charge < -0.3 is 4.90 Å². The van der Waals surface area contributed by atoms with Gasteiger partial charge in [-0.05, 0) is 58.1 Å². The highest BCUT2D eigenvalue weighted by Gasteiger charge is 2.22. The number of rotatable bonds is 5. The Labute approximate surface area is 129 Å². The summed E-state index contributed by atoms with van der Waals surface area (Å²) >= 11 is 0.147. The first-order chi connectivity index (χ1) is 9.56. The molecule has 2 heterocycles. The van der Waals surface area contributed by atoms with Gasteiger partial charge in [0, 0.05) is 45.3 Å². The van der Waals surface area contributed by atoms with Crippen LogP contribution in [0.2, 0.25) is 0 Å². The zero-order valence-electron chi connectivity index (χ0n) is 14.0. The quantitative estimate of drug-likeness (QED) is 0.781. The highest BCUT2D eigenvalue weighted by Crippen LogP contribution is 2.30. The van der Waals surface area contributed by atoms with Crippen LogP contribution in [0, 0.1) is 5.92 Å². The monoisotopic (exact) mass is 301 g/mol. The molecule has 0 aromatic carbocycles. The number of hydrogen-bond donors (Lipinski definition) is 1. The molecule has 0 unspecified atom stereocenters. The van der Waals surface area contributed by atoms with Crippen molar-refractivity contribution in [1.82, 2.24) is 14.1 Å². The summed E-state index contributed by atoms with van der Waals surface area (Å²) in [5.41, 5.74) is 0. The third kappa shape index (κ3) is 4.90. The van der Waals surface area contributed by atoms with E-state index in [-0.39, 0.29) is 11.1 Å². The molecule has 4 heteroatoms. The molecule has 0 saturated carbocycles. The van der Waals surface area contributed by atoms with E-state index >= 15 is 0 Å². The van der Waals surface area contributed by atoms with Crippen molar-refractivity contribution >= 4 is 11.1 Å². The standard InChI is InChI=1S/C16H35N3S/c1-15(2)18-13-11-17(12-14-18)8-5-16-6-9-19(10-7-16)20(3)4/h15-16,20H,5-14H2,1-4H3. The highest BCUT2D eigenvalue weighted by atomic mass is 32.2. The van der Waals surface area contributed by atoms with Crippen molar-refractivity contribution < 1.29 is 0 Å². The van der Waals surface area contributed by atoms with Gasteiger partial charge in [-0.25, -0.2) is 11.1 Å². The second kappa shape index (κ2) is 8.02. The van der Waals surface area contributed by atoms with E-state index in [4.69, 9.17) is 0 Å². The Hall–Kier alpha value is 0.230. The Bertz CT molecular complexity index is 239. The molecule has 0 amide bonds. The van der Waals surface area contributed by atoms with Crippen molar-refractivity contribution in [2.45, 2.75) is 39.2 Å². The summed E-state index contributed by atoms with van der Waals surface area (Å²) in [6, 6.07) is 0.722. The van der Waals surface area contributed by atoms with E-state index in [2.05, 4.69) is 40.5 Å². The van der Waals surface area contributed by atoms with Crippen molar-refractivity contribution in [1.29, 1.82) is 0 Å². The molecule has 0 aliphatic carbocycles. The largest absolute Gasteiger partial charge is 0.301 e. The minimum atomic E-state index is 0.147. The Morgan fingerprint density at radius 2 is 1.55 bits per heavy atom. The van der Waals surface area contributed by atoms with Crippen LogP contribution in [0.1, 0.15) is 33.1 Å². The van der Waals surface area contributed by atoms with E-state index in [1.54, 1.807) is 0 Å². The SMILES string of the molecule is CC(C)N1CCN(CCC2CCN([SH](C)C)CC2)CC1. The number of thiol groups is 1. The number of piperazine rings is 1. The van der Waals surface area contributed by atoms with Gasteiger partial charge >= 0.3 is 0 Å². The molecule has 2 fully saturated rings. The van der Waals surface area contributed by atoms with Crippen LogP contribution in [0.5, 0.6) is 0 Å². The molecule has 120 valence electrons. The molecule has 2 aliphatic heterocycles. The van der Waals surface area contributed by atoms with Crippen LogP contribution < -0.4 is 0 Å². The van der Waals surface area contributed by atoms with Crippen LogP contribution in [0.3, 0.4) is 0 Å². The fraction of sp³-hybridized carbons (Fsp3) is 1.00. The minimum absolute atomic E-state index is 0.147. The Morgan fingerprint density at radius 1 is 0.950 bits per heavy atom. The molecule has 0 atom stereocenters. The molecule has 2 aliphatic rings. The molecule has 2 rings (SSSR count). The zero-order valence-corrected chi connectivity index (χ0v) is 14.9. The van der Waals surface area contributed by atoms with Gasteiger partial charge in [-0.1, -0.05) is 0 Å². The van der Waals surface area contributed by atoms with Crippen LogP contribution in [-0.2, 0) is 0 Å². The number of nitrogens with zero attached hydrogens (tertiary/aromatic N) is 3. The van der Waals surface area contributed by atoms with Crippen molar-refractivity contribution in [3.8, 4) is 0 Å². The second-order valence-electron chi connectivity index (χ2n) is 7.00. The summed E-state index contributed by atoms with van der Waals surface area (Å²) in [4.78, 5) is 5.30. The molecule has 0 spiro atoms. The molecule has 3 nitrogen and oxygen atoms in total. The molecule has 0 bridgehead atoms. The van der Waals surface area contributed by atoms with E-state index in [1.807, 2.05) is 0 Å². The summed E-state index contributed by atoms with van der Waals surface area (Å²) in [5, 5.41) is 0. The maximum absolute atomic E-state index is 2.70. The predicted octanol–water partition coefficient (Wildman–Crippen LogP) is 2.29. The van der Waals surface area contributed by atoms with Gasteiger partial charge in [-0.2, -0.15) is 0 Å². The van der Waals surface area contributed by atoms with Crippen molar-refractivity contribution in [3.05, 3.63) is 0 Å². The van der Waals surface area contributed by atoms with Crippen LogP contribution >= 0.6 is 11.1 Å². The lowest BCUT2D eigenvalue weighted by Gasteiger charge is -2.39. The van der Waals surface area contributed by atoms with Gasteiger partial charge in [-0.3, -0.25) is 9.21 Å². The molecule has 0 aromatic heterocycles. The molecule has 0 aromatic rings. The Kier molecular flexibility index (Phi) is 6.66. The summed E-state index contributed by atoms with van der Waals surface area (Å²) in [6.07, 6.45) is 9.09. The minimum Gasteiger partial charge on any atom is -0.301 e. The fourth-order valence-electron chi connectivity index (χ4n) is 3.48. The smallest absolute Gasteiger partial charge is 0.0113 e. The first-order valence-electron chi connectivity index (χ1n) is 8.45. The zero-order chi connectivity index (χ0) is 14.5. The van der Waals surface area contributed by atoms with Gasteiger partial charge in [0.25, 0.3) is 0 Å². The van der Waals surface area contributed by atoms with Crippen molar-refractivity contribution in [2.75, 3.05) is 58.3 Å². The molecular weight excluding hydrogens is 266 g/mol. The maximum Gasteiger partial charge on any atom is 0.0113 e. The lowest BCUT2D eigenvalue weighted by molar-refractivity contribution is 0.101. The highest BCUT2D eigenvalue weighted by molar-refractivity contribution is 8.13. The Morgan fingerprint density at radius 3 is 2.05 bits per heavy atom. The van der Waals surface area contributed by atoms with Crippen LogP contribution in [0.25, 0.3) is 0 Å². The van der Waals surface area contributed by atoms with E-state index in [0.29, 0.717) is 0 Å². The first kappa shape index (κ1) is 16.6. The van der Waals surface area contributed by atoms with Gasteiger partial charge in [0.15, 0.2) is 0 Å². The van der Waals surface area contributed by atoms with E-state index in [9.17, 15) is 0 Å². The summed E-state index contributed by atoms with van der Waals surface area (Å²) in [6.45, 7) is 13.8. The maximum atomic E-state index is 2.70. The molecule has 0 N–H and O–H groups in total. The average Bonchev–Trinajstić information content (AvgIpc) is 2.46. The van der Waals surface area contributed by atoms with Gasteiger partial charge in [0.2, 0.25) is 0 Å². The molecule has 0 radical (unpaired) electrons. The topological polar surface area (TPSA) is 9.72 Å². The lowest BCUT2D eigenvalue weighted by Crippen LogP contribution is -2.49. The number of piperidine rings is 1. The number of hydrogen-bond acceptors (Lipinski definition) is 3. The summed E-state index contributed by atoms with van der Waals surface area (Å²) in [7, 11) is 0. The molecule has 2 saturated heterocycles. The van der Waals surface area contributed by atoms with Gasteiger partial charge in [-0.15, -0.1) is 0 Å². The van der Waals surface area contributed by atoms with Crippen molar-refractivity contribution in [3.63, 3.8) is 0 Å². The van der Waals surface area contributed by atoms with E-state index < -0.39 is 0 Å². The third-order valence-electron chi connectivity index (χ3n) is 5.15. The summed E-state index contributed by atoms with van der Waals surface area (Å²) < 4.78 is 2.70. The van der Waals surface area contributed by atoms with Crippen LogP contribution in [0.15, 0.2) is 0 Å². The fourth-order valence-corrected chi connectivity index (χ4v) is 4.51. The molecule has 20 heavy (non-hydrogen) atoms. The average molecular weight is 302 g/mol. The van der Waals surface area contributed by atoms with Gasteiger partial charge in [0.1, 0.15) is 0 Å². The normalized spacial score (nSPS) is 25.4. The first-order valence-corrected chi connectivity index (χ1v) is 10.6. The summed E-state index contributed by atoms with van der Waals surface area (Å²) in [5.74, 6) is 0.990. The third-order valence-corrected chi connectivity index (χ3v) is 6.68. The predicted molar refractivity (Wildman–Crippen MR) is 92.9 cm³/mol. The van der Waals surface area contributed by atoms with Crippen LogP contribution in [-0.4, -0.2) is 78.5 Å². The molecular formula is C16H35N3S. The Balaban J connectivity index is 1.60. The van der Waals surface area contributed by atoms with E-state index in [0.717, 1.165) is 12.0 Å². The van der Waals surface area contributed by atoms with Crippen LogP contribution in [0.4, 0.5) is 0 Å².